The third-order valence-corrected chi connectivity index (χ3v) is 6.80. The van der Waals surface area contributed by atoms with E-state index in [1.165, 1.54) is 5.56 Å². The summed E-state index contributed by atoms with van der Waals surface area (Å²) < 4.78 is 1.73. The number of aromatic nitrogens is 2. The summed E-state index contributed by atoms with van der Waals surface area (Å²) in [7, 11) is 0. The maximum absolute atomic E-state index is 13.6. The Morgan fingerprint density at radius 2 is 1.90 bits per heavy atom. The van der Waals surface area contributed by atoms with E-state index in [1.807, 2.05) is 54.3 Å². The van der Waals surface area contributed by atoms with Crippen molar-refractivity contribution >= 4 is 17.5 Å². The highest BCUT2D eigenvalue weighted by atomic mass is 16.2. The van der Waals surface area contributed by atoms with E-state index in [4.69, 9.17) is 0 Å². The summed E-state index contributed by atoms with van der Waals surface area (Å²) >= 11 is 0. The number of carbonyl (C=O) groups excluding carboxylic acids is 2. The van der Waals surface area contributed by atoms with Crippen molar-refractivity contribution in [2.75, 3.05) is 11.9 Å². The largest absolute Gasteiger partial charge is 0.333 e. The van der Waals surface area contributed by atoms with Crippen LogP contribution < -0.4 is 5.32 Å². The van der Waals surface area contributed by atoms with Crippen molar-refractivity contribution < 1.29 is 9.59 Å². The number of amides is 2. The fourth-order valence-corrected chi connectivity index (χ4v) is 5.31. The molecule has 5 rings (SSSR count). The minimum absolute atomic E-state index is 0.00561. The Hall–Kier alpha value is -3.41. The normalized spacial score (nSPS) is 22.0. The van der Waals surface area contributed by atoms with Crippen LogP contribution in [-0.4, -0.2) is 39.1 Å². The number of likely N-dealkylation sites (tertiary alicyclic amines) is 1. The number of anilines is 1. The van der Waals surface area contributed by atoms with Crippen molar-refractivity contribution in [2.24, 2.45) is 0 Å². The molecule has 1 aromatic heterocycles. The van der Waals surface area contributed by atoms with Crippen molar-refractivity contribution in [3.63, 3.8) is 0 Å². The van der Waals surface area contributed by atoms with Gasteiger partial charge in [0.15, 0.2) is 0 Å². The third-order valence-electron chi connectivity index (χ3n) is 6.80. The predicted octanol–water partition coefficient (Wildman–Crippen LogP) is 3.64. The first-order valence-electron chi connectivity index (χ1n) is 10.9. The third kappa shape index (κ3) is 3.05. The van der Waals surface area contributed by atoms with E-state index in [9.17, 15) is 9.59 Å². The van der Waals surface area contributed by atoms with Gasteiger partial charge in [0.2, 0.25) is 5.91 Å². The fraction of sp³-hybridized carbons (Fsp3) is 0.320. The Morgan fingerprint density at radius 1 is 1.13 bits per heavy atom. The molecule has 0 aliphatic carbocycles. The Balaban J connectivity index is 1.54. The highest BCUT2D eigenvalue weighted by molar-refractivity contribution is 6.08. The maximum atomic E-state index is 13.6. The molecule has 1 saturated heterocycles. The molecular weight excluding hydrogens is 388 g/mol. The van der Waals surface area contributed by atoms with Crippen LogP contribution in [0.25, 0.3) is 0 Å². The van der Waals surface area contributed by atoms with Crippen LogP contribution in [0, 0.1) is 0 Å². The molecule has 6 heteroatoms. The summed E-state index contributed by atoms with van der Waals surface area (Å²) in [5.41, 5.74) is 2.96. The van der Waals surface area contributed by atoms with Crippen molar-refractivity contribution in [1.29, 1.82) is 0 Å². The second-order valence-electron chi connectivity index (χ2n) is 8.29. The summed E-state index contributed by atoms with van der Waals surface area (Å²) in [6.45, 7) is 3.16. The van der Waals surface area contributed by atoms with Gasteiger partial charge in [0.05, 0.1) is 11.5 Å². The standard InChI is InChI=1S/C25H26N4O2/c1-2-29-21(14-16-26-29)23(30)28-17-15-25(19-10-6-7-11-20(19)27-24(25)31)22(28)13-12-18-8-4-3-5-9-18/h3-11,14,16,22H,2,12-13,15,17H2,1H3,(H,27,31)/t22-,25-/m0/s1. The quantitative estimate of drug-likeness (QED) is 0.693. The van der Waals surface area contributed by atoms with Gasteiger partial charge in [0.1, 0.15) is 5.69 Å². The zero-order chi connectivity index (χ0) is 21.4. The lowest BCUT2D eigenvalue weighted by Crippen LogP contribution is -2.49. The molecule has 2 atom stereocenters. The van der Waals surface area contributed by atoms with Gasteiger partial charge in [-0.1, -0.05) is 48.5 Å². The van der Waals surface area contributed by atoms with E-state index in [-0.39, 0.29) is 17.9 Å². The molecule has 2 aromatic carbocycles. The van der Waals surface area contributed by atoms with E-state index >= 15 is 0 Å². The number of rotatable bonds is 5. The number of carbonyl (C=O) groups is 2. The number of hydrogen-bond acceptors (Lipinski definition) is 3. The number of aryl methyl sites for hydroxylation is 2. The van der Waals surface area contributed by atoms with Crippen LogP contribution in [0.3, 0.4) is 0 Å². The molecule has 3 heterocycles. The van der Waals surface area contributed by atoms with Crippen LogP contribution in [0.2, 0.25) is 0 Å². The van der Waals surface area contributed by atoms with E-state index in [2.05, 4.69) is 22.5 Å². The van der Waals surface area contributed by atoms with E-state index in [0.717, 1.165) is 24.1 Å². The van der Waals surface area contributed by atoms with E-state index in [1.54, 1.807) is 16.9 Å². The summed E-state index contributed by atoms with van der Waals surface area (Å²) in [5, 5.41) is 7.36. The lowest BCUT2D eigenvalue weighted by Gasteiger charge is -2.34. The average Bonchev–Trinajstić information content (AvgIpc) is 3.50. The van der Waals surface area contributed by atoms with Crippen LogP contribution in [0.5, 0.6) is 0 Å². The summed E-state index contributed by atoms with van der Waals surface area (Å²) in [4.78, 5) is 28.9. The molecule has 2 aliphatic heterocycles. The Labute approximate surface area is 181 Å². The molecule has 0 radical (unpaired) electrons. The van der Waals surface area contributed by atoms with Gasteiger partial charge in [-0.3, -0.25) is 14.3 Å². The SMILES string of the molecule is CCn1nccc1C(=O)N1CC[C@@]2(C(=O)Nc3ccccc32)[C@@H]1CCc1ccccc1. The molecule has 6 nitrogen and oxygen atoms in total. The Morgan fingerprint density at radius 3 is 2.71 bits per heavy atom. The van der Waals surface area contributed by atoms with Gasteiger partial charge in [-0.15, -0.1) is 0 Å². The zero-order valence-corrected chi connectivity index (χ0v) is 17.6. The molecule has 0 unspecified atom stereocenters. The first-order chi connectivity index (χ1) is 15.1. The van der Waals surface area contributed by atoms with Crippen molar-refractivity contribution in [3.8, 4) is 0 Å². The minimum Gasteiger partial charge on any atom is -0.333 e. The van der Waals surface area contributed by atoms with E-state index in [0.29, 0.717) is 25.2 Å². The van der Waals surface area contributed by atoms with Gasteiger partial charge >= 0.3 is 0 Å². The van der Waals surface area contributed by atoms with Gasteiger partial charge in [-0.2, -0.15) is 5.10 Å². The highest BCUT2D eigenvalue weighted by Gasteiger charge is 2.58. The Bertz CT molecular complexity index is 1120. The summed E-state index contributed by atoms with van der Waals surface area (Å²) in [5.74, 6) is -0.0440. The second kappa shape index (κ2) is 7.69. The Kier molecular flexibility index (Phi) is 4.85. The fourth-order valence-electron chi connectivity index (χ4n) is 5.31. The molecule has 0 bridgehead atoms. The first-order valence-corrected chi connectivity index (χ1v) is 10.9. The van der Waals surface area contributed by atoms with Crippen LogP contribution in [0.4, 0.5) is 5.69 Å². The van der Waals surface area contributed by atoms with Crippen LogP contribution in [0.15, 0.2) is 66.9 Å². The van der Waals surface area contributed by atoms with Crippen LogP contribution in [0.1, 0.15) is 41.4 Å². The first kappa shape index (κ1) is 19.5. The molecule has 1 spiro atoms. The molecule has 31 heavy (non-hydrogen) atoms. The predicted molar refractivity (Wildman–Crippen MR) is 119 cm³/mol. The molecule has 3 aromatic rings. The highest BCUT2D eigenvalue weighted by Crippen LogP contribution is 2.49. The molecule has 158 valence electrons. The van der Waals surface area contributed by atoms with Crippen LogP contribution in [-0.2, 0) is 23.2 Å². The lowest BCUT2D eigenvalue weighted by molar-refractivity contribution is -0.121. The van der Waals surface area contributed by atoms with E-state index < -0.39 is 5.41 Å². The molecule has 2 aliphatic rings. The van der Waals surface area contributed by atoms with Gasteiger partial charge in [-0.25, -0.2) is 0 Å². The van der Waals surface area contributed by atoms with Gasteiger partial charge in [0.25, 0.3) is 5.91 Å². The summed E-state index contributed by atoms with van der Waals surface area (Å²) in [6, 6.07) is 19.7. The minimum atomic E-state index is -0.710. The molecular formula is C25H26N4O2. The van der Waals surface area contributed by atoms with Crippen LogP contribution >= 0.6 is 0 Å². The summed E-state index contributed by atoms with van der Waals surface area (Å²) in [6.07, 6.45) is 3.82. The van der Waals surface area contributed by atoms with Crippen molar-refractivity contribution in [3.05, 3.63) is 83.7 Å². The lowest BCUT2D eigenvalue weighted by atomic mass is 9.73. The van der Waals surface area contributed by atoms with Crippen molar-refractivity contribution in [1.82, 2.24) is 14.7 Å². The number of para-hydroxylation sites is 1. The second-order valence-corrected chi connectivity index (χ2v) is 8.29. The average molecular weight is 415 g/mol. The van der Waals surface area contributed by atoms with Gasteiger partial charge in [-0.05, 0) is 49.4 Å². The van der Waals surface area contributed by atoms with Crippen molar-refractivity contribution in [2.45, 2.75) is 44.2 Å². The zero-order valence-electron chi connectivity index (χ0n) is 17.6. The molecule has 2 amide bonds. The number of nitrogens with one attached hydrogen (secondary N) is 1. The maximum Gasteiger partial charge on any atom is 0.272 e. The van der Waals surface area contributed by atoms with Gasteiger partial charge in [0, 0.05) is 25.0 Å². The number of nitrogens with zero attached hydrogens (tertiary/aromatic N) is 3. The number of hydrogen-bond donors (Lipinski definition) is 1. The smallest absolute Gasteiger partial charge is 0.272 e. The number of benzene rings is 2. The molecule has 1 fully saturated rings. The van der Waals surface area contributed by atoms with Gasteiger partial charge < -0.3 is 10.2 Å². The monoisotopic (exact) mass is 414 g/mol. The molecule has 0 saturated carbocycles. The topological polar surface area (TPSA) is 67.2 Å². The number of fused-ring (bicyclic) bond motifs is 2. The molecule has 1 N–H and O–H groups in total.